The van der Waals surface area contributed by atoms with Gasteiger partial charge in [0.25, 0.3) is 11.6 Å². The second-order valence-corrected chi connectivity index (χ2v) is 8.10. The Morgan fingerprint density at radius 3 is 2.32 bits per heavy atom. The summed E-state index contributed by atoms with van der Waals surface area (Å²) in [6.45, 7) is -0.0157. The first-order valence-corrected chi connectivity index (χ1v) is 11.4. The van der Waals surface area contributed by atoms with Crippen molar-refractivity contribution in [2.75, 3.05) is 6.61 Å². The second kappa shape index (κ2) is 11.1. The molecule has 34 heavy (non-hydrogen) atoms. The number of carbonyl (C=O) groups excluding carboxylic acids is 1. The van der Waals surface area contributed by atoms with Gasteiger partial charge < -0.3 is 10.1 Å². The molecule has 0 aliphatic heterocycles. The highest BCUT2D eigenvalue weighted by Gasteiger charge is 2.17. The molecule has 10 heteroatoms. The molecule has 4 aromatic rings. The van der Waals surface area contributed by atoms with Gasteiger partial charge in [0, 0.05) is 23.6 Å². The van der Waals surface area contributed by atoms with Gasteiger partial charge in [0.15, 0.2) is 17.6 Å². The Morgan fingerprint density at radius 2 is 1.65 bits per heavy atom. The average Bonchev–Trinajstić information content (AvgIpc) is 3.29. The molecule has 3 aromatic carbocycles. The largest absolute Gasteiger partial charge is 0.484 e. The smallest absolute Gasteiger partial charge is 0.269 e. The Hall–Kier alpha value is -4.18. The van der Waals surface area contributed by atoms with Crippen molar-refractivity contribution in [1.82, 2.24) is 20.1 Å². The van der Waals surface area contributed by atoms with Crippen molar-refractivity contribution < 1.29 is 14.5 Å². The number of nitro benzene ring substituents is 1. The van der Waals surface area contributed by atoms with Gasteiger partial charge in [-0.15, -0.1) is 10.2 Å². The third-order valence-corrected chi connectivity index (χ3v) is 5.79. The summed E-state index contributed by atoms with van der Waals surface area (Å²) >= 11 is 1.49. The number of nitrogens with zero attached hydrogens (tertiary/aromatic N) is 4. The number of para-hydroxylation sites is 1. The number of amides is 1. The second-order valence-electron chi connectivity index (χ2n) is 7.16. The van der Waals surface area contributed by atoms with Crippen LogP contribution >= 0.6 is 11.8 Å². The zero-order chi connectivity index (χ0) is 23.8. The van der Waals surface area contributed by atoms with Crippen molar-refractivity contribution in [1.29, 1.82) is 0 Å². The van der Waals surface area contributed by atoms with Crippen LogP contribution in [-0.4, -0.2) is 32.2 Å². The third-order valence-electron chi connectivity index (χ3n) is 4.79. The minimum absolute atomic E-state index is 0.0109. The molecule has 0 bridgehead atoms. The lowest BCUT2D eigenvalue weighted by Gasteiger charge is -2.11. The maximum atomic E-state index is 12.3. The van der Waals surface area contributed by atoms with E-state index in [1.807, 2.05) is 48.5 Å². The van der Waals surface area contributed by atoms with Crippen LogP contribution in [0.1, 0.15) is 11.4 Å². The van der Waals surface area contributed by atoms with Crippen LogP contribution in [0.25, 0.3) is 5.69 Å². The Bertz CT molecular complexity index is 1250. The zero-order valence-corrected chi connectivity index (χ0v) is 18.9. The molecule has 0 aliphatic carbocycles. The highest BCUT2D eigenvalue weighted by atomic mass is 32.2. The molecule has 0 unspecified atom stereocenters. The minimum atomic E-state index is -0.450. The molecule has 172 valence electrons. The van der Waals surface area contributed by atoms with Gasteiger partial charge in [0.05, 0.1) is 11.5 Å². The average molecular weight is 476 g/mol. The summed E-state index contributed by atoms with van der Waals surface area (Å²) in [5, 5.41) is 23.0. The van der Waals surface area contributed by atoms with Crippen LogP contribution < -0.4 is 10.1 Å². The molecule has 0 atom stereocenters. The van der Waals surface area contributed by atoms with E-state index in [9.17, 15) is 14.9 Å². The van der Waals surface area contributed by atoms with E-state index in [0.717, 1.165) is 5.56 Å². The lowest BCUT2D eigenvalue weighted by Crippen LogP contribution is -2.29. The summed E-state index contributed by atoms with van der Waals surface area (Å²) in [5.74, 6) is 1.47. The molecule has 0 aliphatic rings. The number of hydrogen-bond donors (Lipinski definition) is 1. The Labute approximate surface area is 199 Å². The molecule has 9 nitrogen and oxygen atoms in total. The predicted molar refractivity (Wildman–Crippen MR) is 128 cm³/mol. The molecule has 0 saturated carbocycles. The van der Waals surface area contributed by atoms with Crippen molar-refractivity contribution in [3.63, 3.8) is 0 Å². The normalized spacial score (nSPS) is 10.6. The zero-order valence-electron chi connectivity index (χ0n) is 18.0. The molecule has 0 radical (unpaired) electrons. The van der Waals surface area contributed by atoms with Crippen molar-refractivity contribution in [3.8, 4) is 11.4 Å². The van der Waals surface area contributed by atoms with E-state index in [1.54, 1.807) is 28.8 Å². The summed E-state index contributed by atoms with van der Waals surface area (Å²) in [7, 11) is 0. The van der Waals surface area contributed by atoms with Gasteiger partial charge in [-0.3, -0.25) is 19.5 Å². The van der Waals surface area contributed by atoms with E-state index in [4.69, 9.17) is 4.74 Å². The Morgan fingerprint density at radius 1 is 0.971 bits per heavy atom. The maximum absolute atomic E-state index is 12.3. The summed E-state index contributed by atoms with van der Waals surface area (Å²) in [4.78, 5) is 22.9. The molecule has 1 N–H and O–H groups in total. The molecular weight excluding hydrogens is 454 g/mol. The van der Waals surface area contributed by atoms with Crippen LogP contribution in [0.15, 0.2) is 90.1 Å². The lowest BCUT2D eigenvalue weighted by molar-refractivity contribution is -0.384. The van der Waals surface area contributed by atoms with Crippen molar-refractivity contribution in [2.24, 2.45) is 0 Å². The fourth-order valence-corrected chi connectivity index (χ4v) is 4.03. The van der Waals surface area contributed by atoms with Gasteiger partial charge >= 0.3 is 0 Å². The van der Waals surface area contributed by atoms with E-state index in [1.165, 1.54) is 23.9 Å². The van der Waals surface area contributed by atoms with Crippen LogP contribution in [0.5, 0.6) is 5.75 Å². The number of carbonyl (C=O) groups is 1. The van der Waals surface area contributed by atoms with Gasteiger partial charge in [-0.05, 0) is 29.8 Å². The van der Waals surface area contributed by atoms with Gasteiger partial charge in [-0.2, -0.15) is 0 Å². The first kappa shape index (κ1) is 23.0. The van der Waals surface area contributed by atoms with Crippen molar-refractivity contribution in [2.45, 2.75) is 17.5 Å². The van der Waals surface area contributed by atoms with E-state index < -0.39 is 4.92 Å². The lowest BCUT2D eigenvalue weighted by atomic mass is 10.2. The van der Waals surface area contributed by atoms with E-state index >= 15 is 0 Å². The van der Waals surface area contributed by atoms with E-state index in [0.29, 0.717) is 28.2 Å². The summed E-state index contributed by atoms with van der Waals surface area (Å²) in [6, 6.07) is 25.1. The van der Waals surface area contributed by atoms with Crippen LogP contribution in [0.2, 0.25) is 0 Å². The molecule has 1 heterocycles. The highest BCUT2D eigenvalue weighted by Crippen LogP contribution is 2.26. The number of hydrogen-bond acceptors (Lipinski definition) is 7. The number of non-ortho nitro benzene ring substituents is 1. The van der Waals surface area contributed by atoms with E-state index in [-0.39, 0.29) is 24.7 Å². The fourth-order valence-electron chi connectivity index (χ4n) is 3.11. The topological polar surface area (TPSA) is 112 Å². The molecule has 0 saturated heterocycles. The SMILES string of the molecule is O=C(COc1ccccc1)NCc1nnc(SCc2ccccc2)n1-c1ccc([N+](=O)[O-])cc1. The van der Waals surface area contributed by atoms with Gasteiger partial charge in [0.1, 0.15) is 5.75 Å². The Balaban J connectivity index is 1.49. The predicted octanol–water partition coefficient (Wildman–Crippen LogP) is 4.16. The van der Waals surface area contributed by atoms with Crippen molar-refractivity contribution >= 4 is 23.4 Å². The van der Waals surface area contributed by atoms with Crippen LogP contribution in [0.3, 0.4) is 0 Å². The minimum Gasteiger partial charge on any atom is -0.484 e. The Kier molecular flexibility index (Phi) is 7.51. The number of benzene rings is 3. The molecule has 1 aromatic heterocycles. The first-order chi connectivity index (χ1) is 16.6. The highest BCUT2D eigenvalue weighted by molar-refractivity contribution is 7.98. The van der Waals surface area contributed by atoms with Crippen LogP contribution in [-0.2, 0) is 17.1 Å². The number of nitro groups is 1. The van der Waals surface area contributed by atoms with Gasteiger partial charge in [0.2, 0.25) is 0 Å². The monoisotopic (exact) mass is 475 g/mol. The molecule has 1 amide bonds. The van der Waals surface area contributed by atoms with Gasteiger partial charge in [-0.1, -0.05) is 60.3 Å². The quantitative estimate of drug-likeness (QED) is 0.208. The van der Waals surface area contributed by atoms with Crippen LogP contribution in [0.4, 0.5) is 5.69 Å². The number of nitrogens with one attached hydrogen (secondary N) is 1. The molecule has 0 spiro atoms. The number of aromatic nitrogens is 3. The third kappa shape index (κ3) is 5.99. The maximum Gasteiger partial charge on any atom is 0.269 e. The molecule has 4 rings (SSSR count). The van der Waals surface area contributed by atoms with E-state index in [2.05, 4.69) is 15.5 Å². The summed E-state index contributed by atoms with van der Waals surface area (Å²) in [6.07, 6.45) is 0. The summed E-state index contributed by atoms with van der Waals surface area (Å²) in [5.41, 5.74) is 1.78. The standard InChI is InChI=1S/C24H21N5O4S/c30-23(16-33-21-9-5-2-6-10-21)25-15-22-26-27-24(34-17-18-7-3-1-4-8-18)28(22)19-11-13-20(14-12-19)29(31)32/h1-14H,15-17H2,(H,25,30). The number of ether oxygens (including phenoxy) is 1. The first-order valence-electron chi connectivity index (χ1n) is 10.4. The molecule has 0 fully saturated rings. The molecular formula is C24H21N5O4S. The fraction of sp³-hybridized carbons (Fsp3) is 0.125. The van der Waals surface area contributed by atoms with Crippen LogP contribution in [0, 0.1) is 10.1 Å². The number of thioether (sulfide) groups is 1. The summed E-state index contributed by atoms with van der Waals surface area (Å²) < 4.78 is 7.26. The van der Waals surface area contributed by atoms with Gasteiger partial charge in [-0.25, -0.2) is 0 Å². The number of rotatable bonds is 10. The van der Waals surface area contributed by atoms with Crippen molar-refractivity contribution in [3.05, 3.63) is 106 Å².